The van der Waals surface area contributed by atoms with Gasteiger partial charge < -0.3 is 29.9 Å². The summed E-state index contributed by atoms with van der Waals surface area (Å²) >= 11 is 0. The average Bonchev–Trinajstić information content (AvgIpc) is 3.48. The van der Waals surface area contributed by atoms with Gasteiger partial charge in [-0.1, -0.05) is 17.8 Å². The lowest BCUT2D eigenvalue weighted by Gasteiger charge is -2.26. The summed E-state index contributed by atoms with van der Waals surface area (Å²) in [5.74, 6) is -0.341. The molecule has 42 heavy (non-hydrogen) atoms. The Hall–Kier alpha value is -4.42. The van der Waals surface area contributed by atoms with Gasteiger partial charge in [-0.3, -0.25) is 0 Å². The van der Waals surface area contributed by atoms with Crippen LogP contribution in [0.4, 0.5) is 17.6 Å². The molecule has 0 amide bonds. The van der Waals surface area contributed by atoms with E-state index in [0.29, 0.717) is 29.9 Å². The van der Waals surface area contributed by atoms with E-state index in [-0.39, 0.29) is 60.2 Å². The van der Waals surface area contributed by atoms with Crippen molar-refractivity contribution < 1.29 is 41.7 Å². The molecule has 3 N–H and O–H groups in total. The zero-order valence-corrected chi connectivity index (χ0v) is 23.0. The van der Waals surface area contributed by atoms with E-state index in [1.165, 1.54) is 12.1 Å². The third-order valence-electron chi connectivity index (χ3n) is 6.86. The number of amidine groups is 1. The molecule has 0 saturated heterocycles. The van der Waals surface area contributed by atoms with E-state index in [4.69, 9.17) is 29.9 Å². The van der Waals surface area contributed by atoms with E-state index >= 15 is 0 Å². The van der Waals surface area contributed by atoms with Crippen molar-refractivity contribution in [1.82, 2.24) is 9.78 Å². The predicted octanol–water partition coefficient (Wildman–Crippen LogP) is 6.55. The molecule has 1 unspecified atom stereocenters. The zero-order chi connectivity index (χ0) is 30.2. The minimum Gasteiger partial charge on any atom is -0.489 e. The molecule has 1 aliphatic heterocycles. The second-order valence-electron chi connectivity index (χ2n) is 10.5. The molecule has 0 fully saturated rings. The molecule has 2 heterocycles. The Morgan fingerprint density at radius 2 is 1.95 bits per heavy atom. The van der Waals surface area contributed by atoms with Gasteiger partial charge in [0.2, 0.25) is 5.79 Å². The zero-order valence-electron chi connectivity index (χ0n) is 23.0. The van der Waals surface area contributed by atoms with Crippen LogP contribution in [0.1, 0.15) is 68.1 Å². The fourth-order valence-electron chi connectivity index (χ4n) is 5.01. The van der Waals surface area contributed by atoms with Crippen LogP contribution >= 0.6 is 0 Å². The molecule has 2 aromatic carbocycles. The lowest BCUT2D eigenvalue weighted by Crippen LogP contribution is -2.29. The summed E-state index contributed by atoms with van der Waals surface area (Å²) in [6.07, 6.45) is -4.17. The van der Waals surface area contributed by atoms with Gasteiger partial charge in [-0.15, -0.1) is 0 Å². The van der Waals surface area contributed by atoms with Crippen LogP contribution in [0.25, 0.3) is 5.69 Å². The summed E-state index contributed by atoms with van der Waals surface area (Å²) in [6, 6.07) is 8.95. The van der Waals surface area contributed by atoms with Crippen LogP contribution in [-0.4, -0.2) is 26.6 Å². The number of hydrogen-bond acceptors (Lipinski definition) is 7. The number of hydrogen-bond donors (Lipinski definition) is 2. The number of aromatic nitrogens is 2. The Kier molecular flexibility index (Phi) is 7.69. The molecule has 1 aromatic heterocycles. The first kappa shape index (κ1) is 29.1. The molecular weight excluding hydrogens is 560 g/mol. The Labute approximate surface area is 239 Å². The number of rotatable bonds is 9. The lowest BCUT2D eigenvalue weighted by molar-refractivity contribution is -0.142. The molecule has 1 aliphatic carbocycles. The summed E-state index contributed by atoms with van der Waals surface area (Å²) in [5, 5.41) is 15.6. The SMILES string of the molecule is C=C(CC/C(N)=N\O)OC1CCCc2c(C(F)(F)F)nn(-c3ccc(F)c(OCc4ccc5c(c4)OC(C)(C)O5)c3)c21. The van der Waals surface area contributed by atoms with Crippen LogP contribution in [0.15, 0.2) is 53.9 Å². The number of benzene rings is 2. The van der Waals surface area contributed by atoms with Crippen molar-refractivity contribution in [3.8, 4) is 22.9 Å². The van der Waals surface area contributed by atoms with Gasteiger partial charge in [0.05, 0.1) is 17.1 Å². The Morgan fingerprint density at radius 3 is 2.69 bits per heavy atom. The molecule has 0 bridgehead atoms. The lowest BCUT2D eigenvalue weighted by atomic mass is 9.92. The van der Waals surface area contributed by atoms with Crippen molar-refractivity contribution in [2.45, 2.75) is 70.6 Å². The number of fused-ring (bicyclic) bond motifs is 2. The molecule has 0 spiro atoms. The van der Waals surface area contributed by atoms with Crippen LogP contribution in [0.2, 0.25) is 0 Å². The highest BCUT2D eigenvalue weighted by atomic mass is 19.4. The normalized spacial score (nSPS) is 17.6. The number of alkyl halides is 3. The largest absolute Gasteiger partial charge is 0.489 e. The third kappa shape index (κ3) is 6.09. The summed E-state index contributed by atoms with van der Waals surface area (Å²) in [5.41, 5.74) is 5.55. The summed E-state index contributed by atoms with van der Waals surface area (Å²) < 4.78 is 81.2. The quantitative estimate of drug-likeness (QED) is 0.0726. The van der Waals surface area contributed by atoms with Crippen LogP contribution in [-0.2, 0) is 23.9 Å². The van der Waals surface area contributed by atoms with E-state index < -0.39 is 29.6 Å². The molecule has 0 radical (unpaired) electrons. The number of oxime groups is 1. The number of ether oxygens (including phenoxy) is 4. The van der Waals surface area contributed by atoms with E-state index in [0.717, 1.165) is 10.7 Å². The standard InChI is InChI=1S/C29H30F4N4O5/c1-16(7-12-25(34)36-38)40-22-6-4-5-19-26(22)37(35-27(19)29(31,32)33)18-9-10-20(30)23(14-18)39-15-17-8-11-21-24(13-17)42-28(2,3)41-21/h8-11,13-14,22,38H,1,4-7,12,15H2,2-3H3,(H2,34,36). The molecule has 2 aliphatic rings. The first-order valence-corrected chi connectivity index (χ1v) is 13.3. The van der Waals surface area contributed by atoms with Gasteiger partial charge >= 0.3 is 6.18 Å². The molecule has 3 aromatic rings. The van der Waals surface area contributed by atoms with Gasteiger partial charge in [0.15, 0.2) is 28.8 Å². The molecule has 0 saturated carbocycles. The van der Waals surface area contributed by atoms with E-state index in [1.807, 2.05) is 0 Å². The molecule has 9 nitrogen and oxygen atoms in total. The number of allylic oxidation sites excluding steroid dienone is 1. The first-order valence-electron chi connectivity index (χ1n) is 13.3. The fraction of sp³-hybridized carbons (Fsp3) is 0.379. The van der Waals surface area contributed by atoms with Crippen molar-refractivity contribution in [1.29, 1.82) is 0 Å². The maximum atomic E-state index is 14.8. The van der Waals surface area contributed by atoms with Crippen molar-refractivity contribution in [2.75, 3.05) is 0 Å². The molecule has 5 rings (SSSR count). The van der Waals surface area contributed by atoms with Crippen LogP contribution in [0.5, 0.6) is 17.2 Å². The second-order valence-corrected chi connectivity index (χ2v) is 10.5. The Balaban J connectivity index is 1.43. The van der Waals surface area contributed by atoms with E-state index in [2.05, 4.69) is 16.8 Å². The van der Waals surface area contributed by atoms with Crippen LogP contribution < -0.4 is 19.9 Å². The van der Waals surface area contributed by atoms with Gasteiger partial charge in [0.25, 0.3) is 0 Å². The number of nitrogens with zero attached hydrogens (tertiary/aromatic N) is 3. The summed E-state index contributed by atoms with van der Waals surface area (Å²) in [4.78, 5) is 0. The Morgan fingerprint density at radius 1 is 1.19 bits per heavy atom. The van der Waals surface area contributed by atoms with Crippen LogP contribution in [0.3, 0.4) is 0 Å². The molecular formula is C29H30F4N4O5. The molecule has 224 valence electrons. The number of nitrogens with two attached hydrogens (primary N) is 1. The summed E-state index contributed by atoms with van der Waals surface area (Å²) in [6.45, 7) is 7.36. The maximum absolute atomic E-state index is 14.8. The smallest absolute Gasteiger partial charge is 0.435 e. The van der Waals surface area contributed by atoms with E-state index in [1.54, 1.807) is 32.0 Å². The van der Waals surface area contributed by atoms with E-state index in [9.17, 15) is 17.6 Å². The van der Waals surface area contributed by atoms with Gasteiger partial charge in [-0.25, -0.2) is 9.07 Å². The summed E-state index contributed by atoms with van der Waals surface area (Å²) in [7, 11) is 0. The minimum absolute atomic E-state index is 0.0121. The first-order chi connectivity index (χ1) is 19.8. The van der Waals surface area contributed by atoms with Gasteiger partial charge in [-0.05, 0) is 49.1 Å². The van der Waals surface area contributed by atoms with Gasteiger partial charge in [0, 0.05) is 38.3 Å². The van der Waals surface area contributed by atoms with Gasteiger partial charge in [0.1, 0.15) is 18.5 Å². The molecule has 1 atom stereocenters. The van der Waals surface area contributed by atoms with Gasteiger partial charge in [-0.2, -0.15) is 18.3 Å². The van der Waals surface area contributed by atoms with Crippen molar-refractivity contribution in [3.05, 3.63) is 77.1 Å². The maximum Gasteiger partial charge on any atom is 0.435 e. The highest BCUT2D eigenvalue weighted by Gasteiger charge is 2.42. The second kappa shape index (κ2) is 11.1. The highest BCUT2D eigenvalue weighted by Crippen LogP contribution is 2.43. The predicted molar refractivity (Wildman–Crippen MR) is 143 cm³/mol. The highest BCUT2D eigenvalue weighted by molar-refractivity contribution is 5.79. The average molecular weight is 591 g/mol. The monoisotopic (exact) mass is 590 g/mol. The fourth-order valence-corrected chi connectivity index (χ4v) is 5.01. The van der Waals surface area contributed by atoms with Crippen molar-refractivity contribution in [2.24, 2.45) is 10.9 Å². The van der Waals surface area contributed by atoms with Crippen molar-refractivity contribution in [3.63, 3.8) is 0 Å². The minimum atomic E-state index is -4.71. The third-order valence-corrected chi connectivity index (χ3v) is 6.86. The topological polar surface area (TPSA) is 113 Å². The Bertz CT molecular complexity index is 1530. The van der Waals surface area contributed by atoms with Crippen LogP contribution in [0, 0.1) is 5.82 Å². The number of halogens is 4. The van der Waals surface area contributed by atoms with Crippen molar-refractivity contribution >= 4 is 5.84 Å². The molecule has 13 heteroatoms.